The lowest BCUT2D eigenvalue weighted by Gasteiger charge is -2.05. The number of aromatic nitrogens is 1. The predicted molar refractivity (Wildman–Crippen MR) is 84.2 cm³/mol. The largest absolute Gasteiger partial charge is 0.486 e. The van der Waals surface area contributed by atoms with Crippen molar-refractivity contribution >= 4 is 11.3 Å². The topological polar surface area (TPSA) is 34.1 Å². The van der Waals surface area contributed by atoms with E-state index >= 15 is 0 Å². The zero-order valence-corrected chi connectivity index (χ0v) is 13.2. The van der Waals surface area contributed by atoms with Crippen LogP contribution in [0.4, 0.5) is 0 Å². The molecule has 0 saturated carbocycles. The molecule has 4 heteroatoms. The number of hydrogen-bond acceptors (Lipinski definition) is 4. The van der Waals surface area contributed by atoms with Gasteiger partial charge in [-0.3, -0.25) is 0 Å². The van der Waals surface area contributed by atoms with Crippen LogP contribution in [0.25, 0.3) is 0 Å². The fourth-order valence-electron chi connectivity index (χ4n) is 1.83. The van der Waals surface area contributed by atoms with Gasteiger partial charge in [0.2, 0.25) is 0 Å². The van der Waals surface area contributed by atoms with Crippen molar-refractivity contribution in [3.63, 3.8) is 0 Å². The van der Waals surface area contributed by atoms with Gasteiger partial charge in [0.05, 0.1) is 0 Å². The molecule has 0 bridgehead atoms. The standard InChI is InChI=1S/C16H22N2OS/c1-12(2)8-17-9-15-10-18-16(20-15)11-19-14-6-4-5-13(3)7-14/h4-7,10,12,17H,8-9,11H2,1-3H3. The maximum absolute atomic E-state index is 5.76. The molecule has 1 aromatic carbocycles. The first-order valence-electron chi connectivity index (χ1n) is 6.97. The highest BCUT2D eigenvalue weighted by Gasteiger charge is 2.03. The third-order valence-electron chi connectivity index (χ3n) is 2.81. The average Bonchev–Trinajstić information content (AvgIpc) is 2.84. The molecule has 3 nitrogen and oxygen atoms in total. The first-order valence-corrected chi connectivity index (χ1v) is 7.79. The second kappa shape index (κ2) is 7.41. The van der Waals surface area contributed by atoms with E-state index in [-0.39, 0.29) is 0 Å². The van der Waals surface area contributed by atoms with Crippen molar-refractivity contribution in [1.82, 2.24) is 10.3 Å². The van der Waals surface area contributed by atoms with Gasteiger partial charge in [-0.25, -0.2) is 4.98 Å². The Morgan fingerprint density at radius 3 is 2.95 bits per heavy atom. The number of benzene rings is 1. The Morgan fingerprint density at radius 1 is 1.35 bits per heavy atom. The third kappa shape index (κ3) is 4.94. The van der Waals surface area contributed by atoms with E-state index in [2.05, 4.69) is 37.1 Å². The Labute approximate surface area is 125 Å². The van der Waals surface area contributed by atoms with Gasteiger partial charge in [-0.05, 0) is 37.1 Å². The van der Waals surface area contributed by atoms with Gasteiger partial charge in [-0.2, -0.15) is 0 Å². The molecule has 0 saturated heterocycles. The molecule has 0 radical (unpaired) electrons. The number of rotatable bonds is 7. The van der Waals surface area contributed by atoms with Gasteiger partial charge in [-0.1, -0.05) is 26.0 Å². The Morgan fingerprint density at radius 2 is 2.20 bits per heavy atom. The highest BCUT2D eigenvalue weighted by molar-refractivity contribution is 7.11. The molecule has 20 heavy (non-hydrogen) atoms. The summed E-state index contributed by atoms with van der Waals surface area (Å²) in [6.45, 7) is 8.95. The molecule has 0 aliphatic rings. The summed E-state index contributed by atoms with van der Waals surface area (Å²) < 4.78 is 5.76. The van der Waals surface area contributed by atoms with Crippen LogP contribution in [0.5, 0.6) is 5.75 Å². The molecular weight excluding hydrogens is 268 g/mol. The zero-order valence-electron chi connectivity index (χ0n) is 12.3. The number of aryl methyl sites for hydroxylation is 1. The number of ether oxygens (including phenoxy) is 1. The van der Waals surface area contributed by atoms with Crippen molar-refractivity contribution < 1.29 is 4.74 Å². The van der Waals surface area contributed by atoms with Gasteiger partial charge in [0, 0.05) is 17.6 Å². The average molecular weight is 290 g/mol. The van der Waals surface area contributed by atoms with Gasteiger partial charge >= 0.3 is 0 Å². The molecule has 1 N–H and O–H groups in total. The van der Waals surface area contributed by atoms with Gasteiger partial charge in [0.1, 0.15) is 17.4 Å². The van der Waals surface area contributed by atoms with E-state index in [0.717, 1.165) is 23.8 Å². The van der Waals surface area contributed by atoms with E-state index in [9.17, 15) is 0 Å². The van der Waals surface area contributed by atoms with Crippen LogP contribution < -0.4 is 10.1 Å². The van der Waals surface area contributed by atoms with Crippen LogP contribution in [0.3, 0.4) is 0 Å². The summed E-state index contributed by atoms with van der Waals surface area (Å²) in [5.41, 5.74) is 1.21. The van der Waals surface area contributed by atoms with Crippen LogP contribution in [0.15, 0.2) is 30.5 Å². The number of nitrogens with one attached hydrogen (secondary N) is 1. The Hall–Kier alpha value is -1.39. The quantitative estimate of drug-likeness (QED) is 0.842. The first-order chi connectivity index (χ1) is 9.63. The van der Waals surface area contributed by atoms with E-state index in [1.54, 1.807) is 11.3 Å². The molecule has 0 fully saturated rings. The van der Waals surface area contributed by atoms with Crippen molar-refractivity contribution in [2.75, 3.05) is 6.54 Å². The lowest BCUT2D eigenvalue weighted by molar-refractivity contribution is 0.305. The van der Waals surface area contributed by atoms with Crippen molar-refractivity contribution in [3.8, 4) is 5.75 Å². The van der Waals surface area contributed by atoms with E-state index in [0.29, 0.717) is 12.5 Å². The van der Waals surface area contributed by atoms with E-state index in [4.69, 9.17) is 4.74 Å². The van der Waals surface area contributed by atoms with Crippen LogP contribution in [0, 0.1) is 12.8 Å². The van der Waals surface area contributed by atoms with Gasteiger partial charge in [0.15, 0.2) is 0 Å². The van der Waals surface area contributed by atoms with Crippen LogP contribution in [-0.2, 0) is 13.2 Å². The molecular formula is C16H22N2OS. The molecule has 2 aromatic rings. The molecule has 0 unspecified atom stereocenters. The minimum atomic E-state index is 0.540. The SMILES string of the molecule is Cc1cccc(OCc2ncc(CNCC(C)C)s2)c1. The van der Waals surface area contributed by atoms with E-state index < -0.39 is 0 Å². The highest BCUT2D eigenvalue weighted by Crippen LogP contribution is 2.17. The predicted octanol–water partition coefficient (Wildman–Crippen LogP) is 3.78. The second-order valence-electron chi connectivity index (χ2n) is 5.35. The van der Waals surface area contributed by atoms with E-state index in [1.807, 2.05) is 24.4 Å². The lowest BCUT2D eigenvalue weighted by Crippen LogP contribution is -2.18. The summed E-state index contributed by atoms with van der Waals surface area (Å²) in [5.74, 6) is 1.58. The summed E-state index contributed by atoms with van der Waals surface area (Å²) in [7, 11) is 0. The number of hydrogen-bond donors (Lipinski definition) is 1. The molecule has 0 aliphatic heterocycles. The van der Waals surface area contributed by atoms with Gasteiger partial charge < -0.3 is 10.1 Å². The van der Waals surface area contributed by atoms with Crippen molar-refractivity contribution in [1.29, 1.82) is 0 Å². The van der Waals surface area contributed by atoms with Crippen LogP contribution >= 0.6 is 11.3 Å². The fourth-order valence-corrected chi connectivity index (χ4v) is 2.64. The number of thiazole rings is 1. The van der Waals surface area contributed by atoms with Crippen molar-refractivity contribution in [2.45, 2.75) is 33.9 Å². The summed E-state index contributed by atoms with van der Waals surface area (Å²) >= 11 is 1.71. The second-order valence-corrected chi connectivity index (χ2v) is 6.55. The van der Waals surface area contributed by atoms with Crippen LogP contribution in [0.2, 0.25) is 0 Å². The summed E-state index contributed by atoms with van der Waals surface area (Å²) in [5, 5.41) is 4.45. The monoisotopic (exact) mass is 290 g/mol. The zero-order chi connectivity index (χ0) is 14.4. The summed E-state index contributed by atoms with van der Waals surface area (Å²) in [6.07, 6.45) is 1.94. The Bertz CT molecular complexity index is 537. The van der Waals surface area contributed by atoms with Crippen molar-refractivity contribution in [2.24, 2.45) is 5.92 Å². The lowest BCUT2D eigenvalue weighted by atomic mass is 10.2. The highest BCUT2D eigenvalue weighted by atomic mass is 32.1. The van der Waals surface area contributed by atoms with Crippen LogP contribution in [-0.4, -0.2) is 11.5 Å². The smallest absolute Gasteiger partial charge is 0.140 e. The summed E-state index contributed by atoms with van der Waals surface area (Å²) in [4.78, 5) is 5.66. The Kier molecular flexibility index (Phi) is 5.56. The molecule has 0 aliphatic carbocycles. The fraction of sp³-hybridized carbons (Fsp3) is 0.438. The van der Waals surface area contributed by atoms with Gasteiger partial charge in [0.25, 0.3) is 0 Å². The van der Waals surface area contributed by atoms with Gasteiger partial charge in [-0.15, -0.1) is 11.3 Å². The molecule has 1 aromatic heterocycles. The maximum atomic E-state index is 5.76. The molecule has 0 spiro atoms. The molecule has 108 valence electrons. The minimum Gasteiger partial charge on any atom is -0.486 e. The summed E-state index contributed by atoms with van der Waals surface area (Å²) in [6, 6.07) is 8.09. The molecule has 2 rings (SSSR count). The Balaban J connectivity index is 1.80. The normalized spacial score (nSPS) is 11.0. The van der Waals surface area contributed by atoms with E-state index in [1.165, 1.54) is 10.4 Å². The third-order valence-corrected chi connectivity index (χ3v) is 3.78. The number of nitrogens with zero attached hydrogens (tertiary/aromatic N) is 1. The van der Waals surface area contributed by atoms with Crippen molar-refractivity contribution in [3.05, 3.63) is 45.9 Å². The molecule has 0 atom stereocenters. The minimum absolute atomic E-state index is 0.540. The first kappa shape index (κ1) is 15.0. The molecule has 0 amide bonds. The maximum Gasteiger partial charge on any atom is 0.140 e. The molecule has 1 heterocycles. The van der Waals surface area contributed by atoms with Crippen LogP contribution in [0.1, 0.15) is 29.3 Å².